The van der Waals surface area contributed by atoms with E-state index in [2.05, 4.69) is 10.4 Å². The minimum atomic E-state index is -0.385. The summed E-state index contributed by atoms with van der Waals surface area (Å²) in [7, 11) is 0. The van der Waals surface area contributed by atoms with E-state index in [4.69, 9.17) is 22.4 Å². The van der Waals surface area contributed by atoms with E-state index in [0.717, 1.165) is 43.5 Å². The van der Waals surface area contributed by atoms with E-state index < -0.39 is 0 Å². The second-order valence-electron chi connectivity index (χ2n) is 4.25. The predicted molar refractivity (Wildman–Crippen MR) is 76.6 cm³/mol. The maximum atomic E-state index is 11.8. The lowest BCUT2D eigenvalue weighted by molar-refractivity contribution is 0.266. The van der Waals surface area contributed by atoms with Crippen LogP contribution in [0.2, 0.25) is 5.02 Å². The summed E-state index contributed by atoms with van der Waals surface area (Å²) in [6.45, 7) is 1.48. The first-order valence-corrected chi connectivity index (χ1v) is 6.89. The fourth-order valence-corrected chi connectivity index (χ4v) is 1.90. The highest BCUT2D eigenvalue weighted by Gasteiger charge is 2.08. The first kappa shape index (κ1) is 15.9. The number of nitrogens with zero attached hydrogens (tertiary/aromatic N) is 2. The van der Waals surface area contributed by atoms with Crippen molar-refractivity contribution in [3.05, 3.63) is 21.6 Å². The lowest BCUT2D eigenvalue weighted by Gasteiger charge is -2.09. The zero-order chi connectivity index (χ0) is 14.1. The molecule has 0 unspecified atom stereocenters. The number of aromatic nitrogens is 2. The van der Waals surface area contributed by atoms with E-state index in [1.165, 1.54) is 6.20 Å². The Morgan fingerprint density at radius 3 is 2.79 bits per heavy atom. The van der Waals surface area contributed by atoms with Gasteiger partial charge in [0.1, 0.15) is 5.02 Å². The molecule has 0 radical (unpaired) electrons. The fraction of sp³-hybridized carbons (Fsp3) is 0.667. The summed E-state index contributed by atoms with van der Waals surface area (Å²) < 4.78 is 1.15. The molecule has 0 atom stereocenters. The molecule has 6 nitrogen and oxygen atoms in total. The minimum absolute atomic E-state index is 0.116. The van der Waals surface area contributed by atoms with Gasteiger partial charge in [-0.2, -0.15) is 5.10 Å². The van der Waals surface area contributed by atoms with Crippen LogP contribution in [0.5, 0.6) is 0 Å². The van der Waals surface area contributed by atoms with Gasteiger partial charge in [-0.15, -0.1) is 0 Å². The first-order chi connectivity index (χ1) is 9.20. The molecule has 0 saturated heterocycles. The molecule has 0 spiro atoms. The van der Waals surface area contributed by atoms with Gasteiger partial charge in [-0.1, -0.05) is 24.4 Å². The Labute approximate surface area is 117 Å². The van der Waals surface area contributed by atoms with Crippen molar-refractivity contribution in [1.82, 2.24) is 9.78 Å². The SMILES string of the molecule is NCCCCCCNc1cnn(CCO)c(=O)c1Cl. The van der Waals surface area contributed by atoms with Crippen molar-refractivity contribution < 1.29 is 5.11 Å². The van der Waals surface area contributed by atoms with E-state index in [1.54, 1.807) is 0 Å². The van der Waals surface area contributed by atoms with Crippen LogP contribution in [0.15, 0.2) is 11.0 Å². The summed E-state index contributed by atoms with van der Waals surface area (Å²) >= 11 is 5.96. The molecule has 7 heteroatoms. The quantitative estimate of drug-likeness (QED) is 0.585. The van der Waals surface area contributed by atoms with Gasteiger partial charge in [0.25, 0.3) is 5.56 Å². The van der Waals surface area contributed by atoms with Gasteiger partial charge in [-0.3, -0.25) is 4.79 Å². The van der Waals surface area contributed by atoms with Gasteiger partial charge in [0.2, 0.25) is 0 Å². The number of hydrogen-bond acceptors (Lipinski definition) is 5. The first-order valence-electron chi connectivity index (χ1n) is 6.51. The third-order valence-electron chi connectivity index (χ3n) is 2.74. The van der Waals surface area contributed by atoms with E-state index in [1.807, 2.05) is 0 Å². The molecule has 1 rings (SSSR count). The van der Waals surface area contributed by atoms with Crippen LogP contribution in [-0.4, -0.2) is 34.6 Å². The van der Waals surface area contributed by atoms with Crippen molar-refractivity contribution in [3.63, 3.8) is 0 Å². The number of aliphatic hydroxyl groups excluding tert-OH is 1. The fourth-order valence-electron chi connectivity index (χ4n) is 1.69. The van der Waals surface area contributed by atoms with Gasteiger partial charge in [-0.05, 0) is 19.4 Å². The van der Waals surface area contributed by atoms with Crippen LogP contribution in [0, 0.1) is 0 Å². The molecule has 0 fully saturated rings. The third kappa shape index (κ3) is 5.18. The summed E-state index contributed by atoms with van der Waals surface area (Å²) in [6.07, 6.45) is 5.76. The molecular formula is C12H21ClN4O2. The number of nitrogens with two attached hydrogens (primary N) is 1. The monoisotopic (exact) mass is 288 g/mol. The summed E-state index contributed by atoms with van der Waals surface area (Å²) in [5.74, 6) is 0. The number of halogens is 1. The molecule has 19 heavy (non-hydrogen) atoms. The number of rotatable bonds is 9. The maximum Gasteiger partial charge on any atom is 0.287 e. The lowest BCUT2D eigenvalue weighted by Crippen LogP contribution is -2.25. The minimum Gasteiger partial charge on any atom is -0.394 e. The topological polar surface area (TPSA) is 93.2 Å². The number of anilines is 1. The van der Waals surface area contributed by atoms with Crippen molar-refractivity contribution in [3.8, 4) is 0 Å². The maximum absolute atomic E-state index is 11.8. The molecule has 0 bridgehead atoms. The summed E-state index contributed by atoms with van der Waals surface area (Å²) in [5, 5.41) is 15.9. The van der Waals surface area contributed by atoms with Gasteiger partial charge < -0.3 is 16.2 Å². The van der Waals surface area contributed by atoms with Crippen LogP contribution in [0.25, 0.3) is 0 Å². The predicted octanol–water partition coefficient (Wildman–Crippen LogP) is 0.820. The molecule has 0 saturated carbocycles. The average molecular weight is 289 g/mol. The number of nitrogens with one attached hydrogen (secondary N) is 1. The zero-order valence-corrected chi connectivity index (χ0v) is 11.7. The second kappa shape index (κ2) is 8.90. The molecule has 0 amide bonds. The van der Waals surface area contributed by atoms with Crippen molar-refractivity contribution in [2.24, 2.45) is 5.73 Å². The highest BCUT2D eigenvalue weighted by Crippen LogP contribution is 2.15. The lowest BCUT2D eigenvalue weighted by atomic mass is 10.2. The van der Waals surface area contributed by atoms with E-state index in [-0.39, 0.29) is 23.7 Å². The Morgan fingerprint density at radius 2 is 2.11 bits per heavy atom. The molecule has 0 aromatic carbocycles. The summed E-state index contributed by atoms with van der Waals surface area (Å²) in [6, 6.07) is 0. The molecule has 0 aliphatic rings. The molecule has 108 valence electrons. The molecule has 1 aromatic heterocycles. The molecule has 1 aromatic rings. The Morgan fingerprint density at radius 1 is 1.37 bits per heavy atom. The molecule has 1 heterocycles. The molecule has 4 N–H and O–H groups in total. The summed E-state index contributed by atoms with van der Waals surface area (Å²) in [4.78, 5) is 11.8. The van der Waals surface area contributed by atoms with Crippen molar-refractivity contribution in [1.29, 1.82) is 0 Å². The van der Waals surface area contributed by atoms with Gasteiger partial charge in [0, 0.05) is 6.54 Å². The Kier molecular flexibility index (Phi) is 7.47. The van der Waals surface area contributed by atoms with E-state index in [9.17, 15) is 4.79 Å². The van der Waals surface area contributed by atoms with Crippen LogP contribution in [0.1, 0.15) is 25.7 Å². The third-order valence-corrected chi connectivity index (χ3v) is 3.11. The molecule has 0 aliphatic carbocycles. The Hall–Kier alpha value is -1.11. The molecule has 0 aliphatic heterocycles. The molecular weight excluding hydrogens is 268 g/mol. The van der Waals surface area contributed by atoms with Crippen LogP contribution in [0.3, 0.4) is 0 Å². The van der Waals surface area contributed by atoms with Crippen molar-refractivity contribution in [2.75, 3.05) is 25.0 Å². The largest absolute Gasteiger partial charge is 0.394 e. The van der Waals surface area contributed by atoms with E-state index >= 15 is 0 Å². The second-order valence-corrected chi connectivity index (χ2v) is 4.63. The van der Waals surface area contributed by atoms with Crippen molar-refractivity contribution >= 4 is 17.3 Å². The highest BCUT2D eigenvalue weighted by atomic mass is 35.5. The van der Waals surface area contributed by atoms with E-state index in [0.29, 0.717) is 5.69 Å². The zero-order valence-electron chi connectivity index (χ0n) is 10.9. The number of aliphatic hydroxyl groups is 1. The average Bonchev–Trinajstić information content (AvgIpc) is 2.41. The summed E-state index contributed by atoms with van der Waals surface area (Å²) in [5.41, 5.74) is 5.57. The Balaban J connectivity index is 2.46. The van der Waals surface area contributed by atoms with Crippen LogP contribution >= 0.6 is 11.6 Å². The van der Waals surface area contributed by atoms with Gasteiger partial charge >= 0.3 is 0 Å². The Bertz CT molecular complexity index is 436. The van der Waals surface area contributed by atoms with Gasteiger partial charge in [0.15, 0.2) is 0 Å². The van der Waals surface area contributed by atoms with Crippen molar-refractivity contribution in [2.45, 2.75) is 32.2 Å². The standard InChI is InChI=1S/C12H21ClN4O2/c13-11-10(15-6-4-2-1-3-5-14)9-16-17(7-8-18)12(11)19/h9,15,18H,1-8,14H2. The van der Waals surface area contributed by atoms with Crippen LogP contribution in [0.4, 0.5) is 5.69 Å². The van der Waals surface area contributed by atoms with Crippen LogP contribution < -0.4 is 16.6 Å². The number of unbranched alkanes of at least 4 members (excludes halogenated alkanes) is 3. The van der Waals surface area contributed by atoms with Gasteiger partial charge in [-0.25, -0.2) is 4.68 Å². The smallest absolute Gasteiger partial charge is 0.287 e. The van der Waals surface area contributed by atoms with Gasteiger partial charge in [0.05, 0.1) is 25.0 Å². The normalized spacial score (nSPS) is 10.7. The number of hydrogen-bond donors (Lipinski definition) is 3. The van der Waals surface area contributed by atoms with Crippen LogP contribution in [-0.2, 0) is 6.54 Å². The highest BCUT2D eigenvalue weighted by molar-refractivity contribution is 6.32.